The van der Waals surface area contributed by atoms with Crippen LogP contribution in [-0.2, 0) is 10.4 Å². The molecule has 2 heterocycles. The maximum atomic E-state index is 12.5. The molecular formula is C18H13BrF3N3O2S. The zero-order valence-corrected chi connectivity index (χ0v) is 16.6. The summed E-state index contributed by atoms with van der Waals surface area (Å²) in [6.07, 6.45) is -4.76. The predicted octanol–water partition coefficient (Wildman–Crippen LogP) is 4.13. The molecule has 5 nitrogen and oxygen atoms in total. The van der Waals surface area contributed by atoms with E-state index in [0.717, 1.165) is 10.0 Å². The first kappa shape index (κ1) is 19.0. The van der Waals surface area contributed by atoms with Crippen molar-refractivity contribution in [1.29, 1.82) is 0 Å². The van der Waals surface area contributed by atoms with Crippen molar-refractivity contribution in [3.63, 3.8) is 0 Å². The smallest absolute Gasteiger partial charge is 0.406 e. The molecule has 2 aliphatic heterocycles. The zero-order valence-electron chi connectivity index (χ0n) is 14.2. The zero-order chi connectivity index (χ0) is 19.9. The van der Waals surface area contributed by atoms with Crippen LogP contribution in [0.3, 0.4) is 0 Å². The van der Waals surface area contributed by atoms with Gasteiger partial charge in [0.2, 0.25) is 0 Å². The Bertz CT molecular complexity index is 952. The second kappa shape index (κ2) is 6.93. The summed E-state index contributed by atoms with van der Waals surface area (Å²) in [6, 6.07) is 13.2. The Balaban J connectivity index is 1.85. The number of ether oxygens (including phenoxy) is 1. The average molecular weight is 472 g/mol. The SMILES string of the molecule is FC(F)(F)Oc1ccc(C2(c3cccc(Br)c3)NC(=S)N3CCON=C32)cc1. The highest BCUT2D eigenvalue weighted by molar-refractivity contribution is 9.10. The Morgan fingerprint density at radius 1 is 1.18 bits per heavy atom. The van der Waals surface area contributed by atoms with Gasteiger partial charge < -0.3 is 14.9 Å². The minimum atomic E-state index is -4.76. The van der Waals surface area contributed by atoms with E-state index in [2.05, 4.69) is 31.1 Å². The molecule has 0 radical (unpaired) electrons. The van der Waals surface area contributed by atoms with Crippen LogP contribution in [0.15, 0.2) is 58.2 Å². The molecule has 2 aliphatic rings. The number of oxime groups is 1. The molecule has 146 valence electrons. The summed E-state index contributed by atoms with van der Waals surface area (Å²) in [5.41, 5.74) is 0.451. The van der Waals surface area contributed by atoms with Crippen molar-refractivity contribution in [2.45, 2.75) is 11.9 Å². The van der Waals surface area contributed by atoms with Gasteiger partial charge in [-0.2, -0.15) is 0 Å². The molecule has 0 amide bonds. The van der Waals surface area contributed by atoms with Crippen molar-refractivity contribution >= 4 is 39.1 Å². The van der Waals surface area contributed by atoms with Crippen molar-refractivity contribution in [2.24, 2.45) is 5.16 Å². The molecule has 4 rings (SSSR count). The molecular weight excluding hydrogens is 459 g/mol. The van der Waals surface area contributed by atoms with Gasteiger partial charge in [-0.15, -0.1) is 13.2 Å². The fourth-order valence-corrected chi connectivity index (χ4v) is 4.07. The van der Waals surface area contributed by atoms with E-state index in [1.54, 1.807) is 12.1 Å². The van der Waals surface area contributed by atoms with E-state index < -0.39 is 11.9 Å². The third kappa shape index (κ3) is 3.30. The van der Waals surface area contributed by atoms with Crippen molar-refractivity contribution < 1.29 is 22.7 Å². The Kier molecular flexibility index (Phi) is 4.70. The number of hydrogen-bond acceptors (Lipinski definition) is 4. The summed E-state index contributed by atoms with van der Waals surface area (Å²) < 4.78 is 42.3. The summed E-state index contributed by atoms with van der Waals surface area (Å²) in [6.45, 7) is 0.911. The highest BCUT2D eigenvalue weighted by atomic mass is 79.9. The Hall–Kier alpha value is -2.33. The van der Waals surface area contributed by atoms with Crippen LogP contribution in [0.1, 0.15) is 11.1 Å². The van der Waals surface area contributed by atoms with E-state index in [1.165, 1.54) is 12.1 Å². The van der Waals surface area contributed by atoms with Gasteiger partial charge in [0, 0.05) is 4.47 Å². The maximum absolute atomic E-state index is 12.5. The van der Waals surface area contributed by atoms with Crippen LogP contribution in [0.4, 0.5) is 13.2 Å². The van der Waals surface area contributed by atoms with E-state index in [0.29, 0.717) is 29.7 Å². The second-order valence-electron chi connectivity index (χ2n) is 6.16. The van der Waals surface area contributed by atoms with Crippen LogP contribution in [0.2, 0.25) is 0 Å². The summed E-state index contributed by atoms with van der Waals surface area (Å²) in [7, 11) is 0. The van der Waals surface area contributed by atoms with Gasteiger partial charge in [-0.25, -0.2) is 0 Å². The lowest BCUT2D eigenvalue weighted by atomic mass is 9.82. The van der Waals surface area contributed by atoms with Gasteiger partial charge >= 0.3 is 6.36 Å². The molecule has 2 aromatic rings. The highest BCUT2D eigenvalue weighted by Gasteiger charge is 2.51. The largest absolute Gasteiger partial charge is 0.573 e. The number of alkyl halides is 3. The van der Waals surface area contributed by atoms with Crippen LogP contribution < -0.4 is 10.1 Å². The summed E-state index contributed by atoms with van der Waals surface area (Å²) >= 11 is 8.95. The molecule has 1 saturated heterocycles. The van der Waals surface area contributed by atoms with Crippen LogP contribution in [-0.4, -0.2) is 35.4 Å². The van der Waals surface area contributed by atoms with E-state index in [4.69, 9.17) is 17.1 Å². The molecule has 2 aromatic carbocycles. The van der Waals surface area contributed by atoms with E-state index in [-0.39, 0.29) is 5.75 Å². The van der Waals surface area contributed by atoms with E-state index >= 15 is 0 Å². The van der Waals surface area contributed by atoms with Gasteiger partial charge in [-0.1, -0.05) is 45.4 Å². The number of nitrogens with zero attached hydrogens (tertiary/aromatic N) is 2. The van der Waals surface area contributed by atoms with Crippen LogP contribution in [0.5, 0.6) is 5.75 Å². The Morgan fingerprint density at radius 3 is 2.61 bits per heavy atom. The third-order valence-corrected chi connectivity index (χ3v) is 5.28. The standard InChI is InChI=1S/C18H13BrF3N3O2S/c19-13-3-1-2-12(10-13)17(15-24-26-9-8-25(15)16(28)23-17)11-4-6-14(7-5-11)27-18(20,21)22/h1-7,10H,8-9H2,(H,23,28). The van der Waals surface area contributed by atoms with Gasteiger partial charge in [0.05, 0.1) is 6.54 Å². The topological polar surface area (TPSA) is 46.1 Å². The quantitative estimate of drug-likeness (QED) is 0.682. The van der Waals surface area contributed by atoms with E-state index in [9.17, 15) is 13.2 Å². The number of halogens is 4. The predicted molar refractivity (Wildman–Crippen MR) is 104 cm³/mol. The molecule has 1 N–H and O–H groups in total. The maximum Gasteiger partial charge on any atom is 0.573 e. The molecule has 0 aliphatic carbocycles. The number of rotatable bonds is 3. The van der Waals surface area contributed by atoms with Gasteiger partial charge in [0.25, 0.3) is 0 Å². The molecule has 0 aromatic heterocycles. The average Bonchev–Trinajstić information content (AvgIpc) is 2.95. The normalized spacial score (nSPS) is 21.5. The lowest BCUT2D eigenvalue weighted by Crippen LogP contribution is -2.46. The van der Waals surface area contributed by atoms with Crippen molar-refractivity contribution in [3.05, 3.63) is 64.1 Å². The summed E-state index contributed by atoms with van der Waals surface area (Å²) in [4.78, 5) is 7.14. The highest BCUT2D eigenvalue weighted by Crippen LogP contribution is 2.39. The van der Waals surface area contributed by atoms with E-state index in [1.807, 2.05) is 29.2 Å². The number of fused-ring (bicyclic) bond motifs is 1. The fraction of sp³-hybridized carbons (Fsp3) is 0.222. The molecule has 0 bridgehead atoms. The molecule has 0 spiro atoms. The molecule has 1 fully saturated rings. The van der Waals surface area contributed by atoms with Gasteiger partial charge in [0.15, 0.2) is 16.5 Å². The first-order valence-electron chi connectivity index (χ1n) is 8.22. The van der Waals surface area contributed by atoms with Crippen LogP contribution >= 0.6 is 28.1 Å². The Morgan fingerprint density at radius 2 is 1.93 bits per heavy atom. The fourth-order valence-electron chi connectivity index (χ4n) is 3.34. The van der Waals surface area contributed by atoms with Crippen molar-refractivity contribution in [3.8, 4) is 5.75 Å². The lowest BCUT2D eigenvalue weighted by Gasteiger charge is -2.32. The minimum Gasteiger partial charge on any atom is -0.406 e. The molecule has 1 unspecified atom stereocenters. The monoisotopic (exact) mass is 471 g/mol. The number of thiocarbonyl (C=S) groups is 1. The molecule has 28 heavy (non-hydrogen) atoms. The molecule has 10 heteroatoms. The summed E-state index contributed by atoms with van der Waals surface area (Å²) in [5, 5.41) is 8.00. The second-order valence-corrected chi connectivity index (χ2v) is 7.46. The minimum absolute atomic E-state index is 0.306. The third-order valence-electron chi connectivity index (χ3n) is 4.47. The Labute approximate surface area is 172 Å². The van der Waals surface area contributed by atoms with Crippen molar-refractivity contribution in [1.82, 2.24) is 10.2 Å². The van der Waals surface area contributed by atoms with Crippen molar-refractivity contribution in [2.75, 3.05) is 13.2 Å². The van der Waals surface area contributed by atoms with Gasteiger partial charge in [0.1, 0.15) is 12.4 Å². The first-order chi connectivity index (χ1) is 13.3. The first-order valence-corrected chi connectivity index (χ1v) is 9.42. The lowest BCUT2D eigenvalue weighted by molar-refractivity contribution is -0.274. The van der Waals surface area contributed by atoms with Crippen LogP contribution in [0.25, 0.3) is 0 Å². The van der Waals surface area contributed by atoms with Gasteiger partial charge in [-0.3, -0.25) is 4.90 Å². The molecule has 0 saturated carbocycles. The number of benzene rings is 2. The van der Waals surface area contributed by atoms with Gasteiger partial charge in [-0.05, 0) is 47.6 Å². The number of nitrogens with one attached hydrogen (secondary N) is 1. The number of hydrogen-bond donors (Lipinski definition) is 1. The summed E-state index contributed by atoms with van der Waals surface area (Å²) in [5.74, 6) is 0.228. The number of amidine groups is 1. The van der Waals surface area contributed by atoms with Crippen LogP contribution in [0, 0.1) is 0 Å². The molecule has 1 atom stereocenters.